The van der Waals surface area contributed by atoms with Crippen LogP contribution in [0, 0.1) is 18.6 Å². The molecule has 1 heterocycles. The van der Waals surface area contributed by atoms with E-state index in [0.717, 1.165) is 10.7 Å². The van der Waals surface area contributed by atoms with Crippen LogP contribution >= 0.6 is 27.7 Å². The van der Waals surface area contributed by atoms with Crippen molar-refractivity contribution < 1.29 is 8.78 Å². The van der Waals surface area contributed by atoms with Gasteiger partial charge in [-0.2, -0.15) is 5.10 Å². The van der Waals surface area contributed by atoms with Crippen molar-refractivity contribution in [2.24, 2.45) is 7.05 Å². The van der Waals surface area contributed by atoms with Crippen LogP contribution in [0.5, 0.6) is 0 Å². The lowest BCUT2D eigenvalue weighted by Crippen LogP contribution is -1.97. The van der Waals surface area contributed by atoms with Gasteiger partial charge in [0, 0.05) is 18.4 Å². The Morgan fingerprint density at radius 2 is 2.11 bits per heavy atom. The summed E-state index contributed by atoms with van der Waals surface area (Å²) in [6.45, 7) is 1.88. The smallest absolute Gasteiger partial charge is 0.144 e. The van der Waals surface area contributed by atoms with E-state index in [0.29, 0.717) is 0 Å². The number of hydrogen-bond donors (Lipinski definition) is 0. The lowest BCUT2D eigenvalue weighted by molar-refractivity contribution is 0.562. The first-order chi connectivity index (χ1) is 8.49. The predicted molar refractivity (Wildman–Crippen MR) is 71.6 cm³/mol. The summed E-state index contributed by atoms with van der Waals surface area (Å²) in [6, 6.07) is 4.52. The first kappa shape index (κ1) is 13.5. The summed E-state index contributed by atoms with van der Waals surface area (Å²) < 4.78 is 29.3. The van der Waals surface area contributed by atoms with Crippen LogP contribution in [0.25, 0.3) is 0 Å². The third-order valence-corrected chi connectivity index (χ3v) is 4.19. The van der Waals surface area contributed by atoms with Crippen LogP contribution in [0.1, 0.15) is 11.3 Å². The summed E-state index contributed by atoms with van der Waals surface area (Å²) in [5.41, 5.74) is 0.961. The van der Waals surface area contributed by atoms with E-state index in [9.17, 15) is 8.78 Å². The normalized spacial score (nSPS) is 10.9. The van der Waals surface area contributed by atoms with Crippen LogP contribution in [-0.4, -0.2) is 9.78 Å². The topological polar surface area (TPSA) is 17.8 Å². The molecule has 0 atom stereocenters. The van der Waals surface area contributed by atoms with Gasteiger partial charge in [-0.1, -0.05) is 0 Å². The molecule has 0 aliphatic heterocycles. The quantitative estimate of drug-likeness (QED) is 0.623. The van der Waals surface area contributed by atoms with Crippen molar-refractivity contribution in [3.8, 4) is 0 Å². The van der Waals surface area contributed by atoms with Crippen LogP contribution in [0.3, 0.4) is 0 Å². The number of halogens is 3. The van der Waals surface area contributed by atoms with E-state index in [-0.39, 0.29) is 15.8 Å². The van der Waals surface area contributed by atoms with Gasteiger partial charge >= 0.3 is 0 Å². The molecular weight excluding hydrogens is 322 g/mol. The first-order valence-corrected chi connectivity index (χ1v) is 7.02. The Bertz CT molecular complexity index is 584. The zero-order chi connectivity index (χ0) is 13.3. The van der Waals surface area contributed by atoms with Crippen molar-refractivity contribution in [2.75, 3.05) is 0 Å². The van der Waals surface area contributed by atoms with Gasteiger partial charge in [0.25, 0.3) is 0 Å². The minimum atomic E-state index is -0.540. The molecule has 2 aromatic rings. The Kier molecular flexibility index (Phi) is 4.07. The minimum absolute atomic E-state index is 0.0771. The number of benzene rings is 1. The van der Waals surface area contributed by atoms with Gasteiger partial charge in [0.15, 0.2) is 0 Å². The predicted octanol–water partition coefficient (Wildman–Crippen LogP) is 4.06. The summed E-state index contributed by atoms with van der Waals surface area (Å²) in [5.74, 6) is -0.834. The Morgan fingerprint density at radius 1 is 1.39 bits per heavy atom. The number of hydrogen-bond acceptors (Lipinski definition) is 2. The Hall–Kier alpha value is -0.880. The molecule has 1 aromatic heterocycles. The fourth-order valence-electron chi connectivity index (χ4n) is 1.57. The standard InChI is InChI=1S/C12H11BrF2N2S/c1-7-5-11(17(2)16-7)18-6-8-10(14)4-3-9(13)12(8)15/h3-5H,6H2,1-2H3. The average Bonchev–Trinajstić information content (AvgIpc) is 2.63. The van der Waals surface area contributed by atoms with Crippen LogP contribution < -0.4 is 0 Å². The largest absolute Gasteiger partial charge is 0.262 e. The molecule has 96 valence electrons. The summed E-state index contributed by atoms with van der Waals surface area (Å²) in [4.78, 5) is 0. The van der Waals surface area contributed by atoms with Crippen LogP contribution in [0.15, 0.2) is 27.7 Å². The van der Waals surface area contributed by atoms with Gasteiger partial charge in [-0.05, 0) is 41.1 Å². The summed E-state index contributed by atoms with van der Waals surface area (Å²) in [6.07, 6.45) is 0. The van der Waals surface area contributed by atoms with E-state index >= 15 is 0 Å². The fraction of sp³-hybridized carbons (Fsp3) is 0.250. The molecule has 0 fully saturated rings. The molecule has 0 unspecified atom stereocenters. The van der Waals surface area contributed by atoms with Gasteiger partial charge in [-0.25, -0.2) is 8.78 Å². The van der Waals surface area contributed by atoms with E-state index in [1.54, 1.807) is 4.68 Å². The Balaban J connectivity index is 2.20. The molecule has 0 radical (unpaired) electrons. The minimum Gasteiger partial charge on any atom is -0.262 e. The van der Waals surface area contributed by atoms with Gasteiger partial charge in [0.05, 0.1) is 15.2 Å². The second-order valence-corrected chi connectivity index (χ2v) is 5.71. The van der Waals surface area contributed by atoms with Crippen molar-refractivity contribution in [3.63, 3.8) is 0 Å². The second-order valence-electron chi connectivity index (χ2n) is 3.86. The number of thioether (sulfide) groups is 1. The summed E-state index contributed by atoms with van der Waals surface area (Å²) >= 11 is 4.41. The Morgan fingerprint density at radius 3 is 2.72 bits per heavy atom. The monoisotopic (exact) mass is 332 g/mol. The summed E-state index contributed by atoms with van der Waals surface area (Å²) in [7, 11) is 1.81. The molecule has 1 aromatic carbocycles. The van der Waals surface area contributed by atoms with E-state index in [1.165, 1.54) is 23.9 Å². The highest BCUT2D eigenvalue weighted by Crippen LogP contribution is 2.28. The van der Waals surface area contributed by atoms with Crippen molar-refractivity contribution in [1.29, 1.82) is 0 Å². The number of nitrogens with zero attached hydrogens (tertiary/aromatic N) is 2. The molecule has 2 rings (SSSR count). The van der Waals surface area contributed by atoms with Crippen molar-refractivity contribution in [2.45, 2.75) is 17.7 Å². The molecule has 0 amide bonds. The Labute approximate surface area is 117 Å². The molecule has 0 spiro atoms. The van der Waals surface area contributed by atoms with Crippen LogP contribution in [-0.2, 0) is 12.8 Å². The van der Waals surface area contributed by atoms with Crippen molar-refractivity contribution in [1.82, 2.24) is 9.78 Å². The maximum Gasteiger partial charge on any atom is 0.144 e. The maximum atomic E-state index is 13.7. The molecule has 0 saturated carbocycles. The molecule has 0 aliphatic carbocycles. The molecule has 0 N–H and O–H groups in total. The van der Waals surface area contributed by atoms with Gasteiger partial charge < -0.3 is 0 Å². The van der Waals surface area contributed by atoms with Gasteiger partial charge in [0.1, 0.15) is 11.6 Å². The highest BCUT2D eigenvalue weighted by Gasteiger charge is 2.13. The molecule has 0 bridgehead atoms. The van der Waals surface area contributed by atoms with E-state index in [2.05, 4.69) is 21.0 Å². The average molecular weight is 333 g/mol. The molecule has 6 heteroatoms. The summed E-state index contributed by atoms with van der Waals surface area (Å²) in [5, 5.41) is 5.07. The molecule has 0 aliphatic rings. The third-order valence-electron chi connectivity index (χ3n) is 2.46. The lowest BCUT2D eigenvalue weighted by atomic mass is 10.2. The zero-order valence-electron chi connectivity index (χ0n) is 9.88. The first-order valence-electron chi connectivity index (χ1n) is 5.25. The maximum absolute atomic E-state index is 13.7. The van der Waals surface area contributed by atoms with Crippen molar-refractivity contribution in [3.05, 3.63) is 45.6 Å². The molecule has 2 nitrogen and oxygen atoms in total. The van der Waals surface area contributed by atoms with Crippen LogP contribution in [0.4, 0.5) is 8.78 Å². The SMILES string of the molecule is Cc1cc(SCc2c(F)ccc(Br)c2F)n(C)n1. The highest BCUT2D eigenvalue weighted by molar-refractivity contribution is 9.10. The highest BCUT2D eigenvalue weighted by atomic mass is 79.9. The zero-order valence-corrected chi connectivity index (χ0v) is 12.3. The van der Waals surface area contributed by atoms with E-state index < -0.39 is 11.6 Å². The molecule has 0 saturated heterocycles. The number of rotatable bonds is 3. The van der Waals surface area contributed by atoms with Gasteiger partial charge in [-0.15, -0.1) is 11.8 Å². The number of aromatic nitrogens is 2. The number of aryl methyl sites for hydroxylation is 2. The van der Waals surface area contributed by atoms with Crippen molar-refractivity contribution >= 4 is 27.7 Å². The van der Waals surface area contributed by atoms with E-state index in [1.807, 2.05) is 20.0 Å². The second kappa shape index (κ2) is 5.40. The van der Waals surface area contributed by atoms with Gasteiger partial charge in [-0.3, -0.25) is 4.68 Å². The molecular formula is C12H11BrF2N2S. The lowest BCUT2D eigenvalue weighted by Gasteiger charge is -2.06. The van der Waals surface area contributed by atoms with E-state index in [4.69, 9.17) is 0 Å². The third kappa shape index (κ3) is 2.75. The molecule has 18 heavy (non-hydrogen) atoms. The van der Waals surface area contributed by atoms with Crippen LogP contribution in [0.2, 0.25) is 0 Å². The van der Waals surface area contributed by atoms with Gasteiger partial charge in [0.2, 0.25) is 0 Å². The fourth-order valence-corrected chi connectivity index (χ4v) is 2.98.